The average Bonchev–Trinajstić information content (AvgIpc) is 3.48. The summed E-state index contributed by atoms with van der Waals surface area (Å²) in [5, 5.41) is 12.8. The first kappa shape index (κ1) is 26.3. The van der Waals surface area contributed by atoms with Gasteiger partial charge in [0.2, 0.25) is 0 Å². The zero-order valence-electron chi connectivity index (χ0n) is 20.2. The van der Waals surface area contributed by atoms with Crippen molar-refractivity contribution in [2.45, 2.75) is 50.9 Å². The summed E-state index contributed by atoms with van der Waals surface area (Å²) in [5.74, 6) is -1.31. The van der Waals surface area contributed by atoms with E-state index in [2.05, 4.69) is 16.9 Å². The summed E-state index contributed by atoms with van der Waals surface area (Å²) >= 11 is 5.87. The molecule has 12 heteroatoms. The molecule has 1 amide bonds. The van der Waals surface area contributed by atoms with Crippen LogP contribution in [0.4, 0.5) is 23.7 Å². The highest BCUT2D eigenvalue weighted by Crippen LogP contribution is 2.36. The van der Waals surface area contributed by atoms with Crippen LogP contribution in [0.25, 0.3) is 0 Å². The van der Waals surface area contributed by atoms with Crippen LogP contribution in [0.2, 0.25) is 5.02 Å². The van der Waals surface area contributed by atoms with Crippen molar-refractivity contribution in [2.24, 2.45) is 0 Å². The number of piperidine rings is 1. The van der Waals surface area contributed by atoms with Gasteiger partial charge in [-0.25, -0.2) is 9.59 Å². The van der Waals surface area contributed by atoms with E-state index in [4.69, 9.17) is 16.7 Å². The number of amides is 1. The van der Waals surface area contributed by atoms with E-state index in [-0.39, 0.29) is 16.3 Å². The Morgan fingerprint density at radius 2 is 1.81 bits per heavy atom. The molecule has 0 radical (unpaired) electrons. The smallest absolute Gasteiger partial charge is 0.416 e. The van der Waals surface area contributed by atoms with E-state index in [1.807, 2.05) is 11.9 Å². The number of nitrogens with zero attached hydrogens (tertiary/aromatic N) is 5. The number of carboxylic acids is 1. The summed E-state index contributed by atoms with van der Waals surface area (Å²) in [4.78, 5) is 29.8. The van der Waals surface area contributed by atoms with Crippen LogP contribution in [0.5, 0.6) is 0 Å². The van der Waals surface area contributed by atoms with Crippen LogP contribution in [0.3, 0.4) is 0 Å². The molecule has 0 saturated carbocycles. The fourth-order valence-corrected chi connectivity index (χ4v) is 5.09. The van der Waals surface area contributed by atoms with Gasteiger partial charge in [-0.05, 0) is 57.4 Å². The molecule has 4 rings (SSSR count). The van der Waals surface area contributed by atoms with Gasteiger partial charge >= 0.3 is 18.2 Å². The summed E-state index contributed by atoms with van der Waals surface area (Å²) in [7, 11) is 1.95. The Balaban J connectivity index is 1.45. The predicted molar refractivity (Wildman–Crippen MR) is 129 cm³/mol. The van der Waals surface area contributed by atoms with Crippen LogP contribution < -0.4 is 4.90 Å². The number of carbonyl (C=O) groups excluding carboxylic acids is 1. The van der Waals surface area contributed by atoms with Gasteiger partial charge in [0.1, 0.15) is 0 Å². The highest BCUT2D eigenvalue weighted by Gasteiger charge is 2.37. The quantitative estimate of drug-likeness (QED) is 0.601. The average molecular weight is 528 g/mol. The van der Waals surface area contributed by atoms with Crippen LogP contribution in [0.15, 0.2) is 24.4 Å². The molecule has 2 aliphatic heterocycles. The number of carbonyl (C=O) groups is 2. The number of carboxylic acid groups (broad SMARTS) is 1. The first-order valence-corrected chi connectivity index (χ1v) is 12.2. The Hall–Kier alpha value is -2.79. The van der Waals surface area contributed by atoms with E-state index < -0.39 is 23.7 Å². The third-order valence-corrected chi connectivity index (χ3v) is 7.64. The van der Waals surface area contributed by atoms with Crippen molar-refractivity contribution in [3.8, 4) is 0 Å². The van der Waals surface area contributed by atoms with Gasteiger partial charge in [0, 0.05) is 44.0 Å². The van der Waals surface area contributed by atoms with Gasteiger partial charge in [-0.2, -0.15) is 23.0 Å². The van der Waals surface area contributed by atoms with E-state index in [0.29, 0.717) is 38.2 Å². The Bertz CT molecular complexity index is 1140. The van der Waals surface area contributed by atoms with Crippen molar-refractivity contribution in [3.05, 3.63) is 46.2 Å². The summed E-state index contributed by atoms with van der Waals surface area (Å²) in [6.07, 6.45) is -0.0114. The van der Waals surface area contributed by atoms with E-state index in [9.17, 15) is 22.8 Å². The molecule has 2 fully saturated rings. The molecular weight excluding hydrogens is 499 g/mol. The molecule has 2 aliphatic rings. The minimum atomic E-state index is -4.39. The lowest BCUT2D eigenvalue weighted by Gasteiger charge is -2.45. The molecule has 0 aliphatic carbocycles. The minimum Gasteiger partial charge on any atom is -0.476 e. The van der Waals surface area contributed by atoms with Crippen molar-refractivity contribution in [3.63, 3.8) is 0 Å². The molecule has 2 aromatic rings. The monoisotopic (exact) mass is 527 g/mol. The Labute approximate surface area is 212 Å². The van der Waals surface area contributed by atoms with Crippen molar-refractivity contribution < 1.29 is 27.9 Å². The molecular formula is C24H29ClF3N5O3. The molecule has 1 N–H and O–H groups in total. The maximum atomic E-state index is 13.4. The summed E-state index contributed by atoms with van der Waals surface area (Å²) in [6, 6.07) is 3.54. The lowest BCUT2D eigenvalue weighted by molar-refractivity contribution is -0.137. The first-order chi connectivity index (χ1) is 16.9. The van der Waals surface area contributed by atoms with Gasteiger partial charge < -0.3 is 14.9 Å². The number of rotatable bonds is 5. The second-order valence-electron chi connectivity index (χ2n) is 9.73. The van der Waals surface area contributed by atoms with Gasteiger partial charge in [-0.1, -0.05) is 17.7 Å². The van der Waals surface area contributed by atoms with Gasteiger partial charge in [-0.15, -0.1) is 0 Å². The van der Waals surface area contributed by atoms with Gasteiger partial charge in [0.05, 0.1) is 16.8 Å². The van der Waals surface area contributed by atoms with Gasteiger partial charge in [0.15, 0.2) is 5.69 Å². The molecule has 2 saturated heterocycles. The zero-order valence-corrected chi connectivity index (χ0v) is 20.9. The summed E-state index contributed by atoms with van der Waals surface area (Å²) in [5.41, 5.74) is 0.181. The second-order valence-corrected chi connectivity index (χ2v) is 10.1. The lowest BCUT2D eigenvalue weighted by Crippen LogP contribution is -2.53. The number of benzene rings is 1. The number of aromatic carboxylic acids is 1. The number of anilines is 1. The Kier molecular flexibility index (Phi) is 7.25. The summed E-state index contributed by atoms with van der Waals surface area (Å²) in [6.45, 7) is 4.89. The number of halogens is 4. The van der Waals surface area contributed by atoms with Crippen LogP contribution in [-0.4, -0.2) is 75.5 Å². The molecule has 0 bridgehead atoms. The maximum absolute atomic E-state index is 13.4. The van der Waals surface area contributed by atoms with Crippen LogP contribution in [0, 0.1) is 0 Å². The fraction of sp³-hybridized carbons (Fsp3) is 0.542. The van der Waals surface area contributed by atoms with E-state index in [1.54, 1.807) is 11.0 Å². The van der Waals surface area contributed by atoms with Gasteiger partial charge in [0.25, 0.3) is 0 Å². The van der Waals surface area contributed by atoms with Crippen molar-refractivity contribution >= 4 is 29.3 Å². The van der Waals surface area contributed by atoms with Crippen LogP contribution in [-0.2, 0) is 12.7 Å². The Morgan fingerprint density at radius 1 is 1.17 bits per heavy atom. The van der Waals surface area contributed by atoms with E-state index in [0.717, 1.165) is 42.2 Å². The SMILES string of the molecule is CN(Cc1ccc(C(F)(F)F)cc1N1CCCC1)C1(C)CCN(C(=O)n2cc(Cl)c(C(=O)O)n2)CC1. The molecule has 0 unspecified atom stereocenters. The minimum absolute atomic E-state index is 0.109. The molecule has 8 nitrogen and oxygen atoms in total. The molecule has 3 heterocycles. The highest BCUT2D eigenvalue weighted by molar-refractivity contribution is 6.33. The van der Waals surface area contributed by atoms with Gasteiger partial charge in [-0.3, -0.25) is 4.90 Å². The molecule has 1 aromatic carbocycles. The third-order valence-electron chi connectivity index (χ3n) is 7.37. The topological polar surface area (TPSA) is 81.9 Å². The van der Waals surface area contributed by atoms with Crippen molar-refractivity contribution in [1.29, 1.82) is 0 Å². The predicted octanol–water partition coefficient (Wildman–Crippen LogP) is 4.81. The van der Waals surface area contributed by atoms with Crippen molar-refractivity contribution in [1.82, 2.24) is 19.6 Å². The molecule has 196 valence electrons. The highest BCUT2D eigenvalue weighted by atomic mass is 35.5. The largest absolute Gasteiger partial charge is 0.476 e. The molecule has 0 atom stereocenters. The standard InChI is InChI=1S/C24H29ClF3N5O3/c1-23(7-11-32(12-8-23)22(36)33-15-18(25)20(29-33)21(34)35)30(2)14-16-5-6-17(24(26,27)28)13-19(16)31-9-3-4-10-31/h5-6,13,15H,3-4,7-12,14H2,1-2H3,(H,34,35). The number of hydrogen-bond acceptors (Lipinski definition) is 5. The Morgan fingerprint density at radius 3 is 2.36 bits per heavy atom. The number of alkyl halides is 3. The fourth-order valence-electron chi connectivity index (χ4n) is 4.87. The third kappa shape index (κ3) is 5.31. The number of aromatic nitrogens is 2. The number of likely N-dealkylation sites (tertiary alicyclic amines) is 1. The van der Waals surface area contributed by atoms with E-state index >= 15 is 0 Å². The number of hydrogen-bond donors (Lipinski definition) is 1. The molecule has 0 spiro atoms. The lowest BCUT2D eigenvalue weighted by atomic mass is 9.87. The van der Waals surface area contributed by atoms with Crippen LogP contribution in [0.1, 0.15) is 54.2 Å². The maximum Gasteiger partial charge on any atom is 0.416 e. The summed E-state index contributed by atoms with van der Waals surface area (Å²) < 4.78 is 41.1. The first-order valence-electron chi connectivity index (χ1n) is 11.8. The zero-order chi connectivity index (χ0) is 26.3. The second kappa shape index (κ2) is 9.93. The van der Waals surface area contributed by atoms with Crippen LogP contribution >= 0.6 is 11.6 Å². The van der Waals surface area contributed by atoms with E-state index in [1.165, 1.54) is 12.3 Å². The molecule has 36 heavy (non-hydrogen) atoms. The molecule has 1 aromatic heterocycles. The normalized spacial score (nSPS) is 18.2. The van der Waals surface area contributed by atoms with Crippen molar-refractivity contribution in [2.75, 3.05) is 38.1 Å².